The SMILES string of the molecule is Cc1ccc(Cc2cnc(NCCCCc3nc[nH]c3C)[nH]c2=O)cn1.Cl.Cl.Cl. The number of aromatic amines is 2. The summed E-state index contributed by atoms with van der Waals surface area (Å²) in [6, 6.07) is 3.92. The number of aryl methyl sites for hydroxylation is 3. The minimum Gasteiger partial charge on any atom is -0.356 e. The van der Waals surface area contributed by atoms with Crippen molar-refractivity contribution in [1.82, 2.24) is 24.9 Å². The van der Waals surface area contributed by atoms with Crippen molar-refractivity contribution in [2.75, 3.05) is 11.9 Å². The zero-order valence-electron chi connectivity index (χ0n) is 16.4. The highest BCUT2D eigenvalue weighted by Crippen LogP contribution is 2.07. The Morgan fingerprint density at radius 1 is 1.00 bits per heavy atom. The highest BCUT2D eigenvalue weighted by molar-refractivity contribution is 5.86. The van der Waals surface area contributed by atoms with Crippen LogP contribution in [0.3, 0.4) is 0 Å². The molecule has 3 heterocycles. The molecule has 0 aromatic carbocycles. The van der Waals surface area contributed by atoms with Gasteiger partial charge in [-0.2, -0.15) is 0 Å². The van der Waals surface area contributed by atoms with E-state index in [1.807, 2.05) is 26.0 Å². The van der Waals surface area contributed by atoms with Crippen LogP contribution in [-0.2, 0) is 12.8 Å². The van der Waals surface area contributed by atoms with Crippen molar-refractivity contribution in [3.63, 3.8) is 0 Å². The number of pyridine rings is 1. The van der Waals surface area contributed by atoms with Gasteiger partial charge in [-0.15, -0.1) is 37.2 Å². The average molecular weight is 462 g/mol. The molecule has 29 heavy (non-hydrogen) atoms. The number of hydrogen-bond acceptors (Lipinski definition) is 5. The van der Waals surface area contributed by atoms with E-state index < -0.39 is 0 Å². The summed E-state index contributed by atoms with van der Waals surface area (Å²) in [5, 5.41) is 3.17. The van der Waals surface area contributed by atoms with E-state index in [1.54, 1.807) is 18.7 Å². The molecule has 0 fully saturated rings. The predicted octanol–water partition coefficient (Wildman–Crippen LogP) is 3.80. The van der Waals surface area contributed by atoms with Crippen LogP contribution in [0.25, 0.3) is 0 Å². The molecule has 0 atom stereocenters. The van der Waals surface area contributed by atoms with Crippen LogP contribution in [0.15, 0.2) is 35.6 Å². The Hall–Kier alpha value is -2.09. The molecule has 0 aliphatic carbocycles. The minimum absolute atomic E-state index is 0. The summed E-state index contributed by atoms with van der Waals surface area (Å²) in [6.45, 7) is 4.73. The highest BCUT2D eigenvalue weighted by Gasteiger charge is 2.05. The first-order chi connectivity index (χ1) is 12.6. The van der Waals surface area contributed by atoms with Gasteiger partial charge in [0.15, 0.2) is 0 Å². The summed E-state index contributed by atoms with van der Waals surface area (Å²) in [6.07, 6.45) is 8.64. The van der Waals surface area contributed by atoms with Crippen molar-refractivity contribution in [2.24, 2.45) is 0 Å². The smallest absolute Gasteiger partial charge is 0.255 e. The summed E-state index contributed by atoms with van der Waals surface area (Å²) in [5.74, 6) is 0.511. The second-order valence-electron chi connectivity index (χ2n) is 6.43. The van der Waals surface area contributed by atoms with Gasteiger partial charge in [0.2, 0.25) is 5.95 Å². The molecule has 3 aromatic rings. The van der Waals surface area contributed by atoms with Crippen molar-refractivity contribution >= 4 is 43.2 Å². The molecule has 3 aromatic heterocycles. The van der Waals surface area contributed by atoms with E-state index in [2.05, 4.69) is 30.2 Å². The van der Waals surface area contributed by atoms with Gasteiger partial charge in [-0.1, -0.05) is 6.07 Å². The van der Waals surface area contributed by atoms with E-state index in [0.29, 0.717) is 17.9 Å². The van der Waals surface area contributed by atoms with Gasteiger partial charge in [-0.3, -0.25) is 14.8 Å². The first-order valence-electron chi connectivity index (χ1n) is 8.84. The number of hydrogen-bond donors (Lipinski definition) is 3. The summed E-state index contributed by atoms with van der Waals surface area (Å²) in [5.41, 5.74) is 4.72. The Kier molecular flexibility index (Phi) is 12.2. The third-order valence-electron chi connectivity index (χ3n) is 4.31. The van der Waals surface area contributed by atoms with Gasteiger partial charge in [-0.05, 0) is 44.7 Å². The number of unbranched alkanes of at least 4 members (excludes halogenated alkanes) is 1. The average Bonchev–Trinajstić information content (AvgIpc) is 3.04. The molecule has 0 radical (unpaired) electrons. The normalized spacial score (nSPS) is 9.72. The Morgan fingerprint density at radius 3 is 2.41 bits per heavy atom. The monoisotopic (exact) mass is 460 g/mol. The molecule has 10 heteroatoms. The quantitative estimate of drug-likeness (QED) is 0.443. The van der Waals surface area contributed by atoms with Gasteiger partial charge in [0, 0.05) is 42.3 Å². The van der Waals surface area contributed by atoms with E-state index in [4.69, 9.17) is 0 Å². The molecule has 3 rings (SSSR count). The van der Waals surface area contributed by atoms with Crippen LogP contribution in [0.2, 0.25) is 0 Å². The van der Waals surface area contributed by atoms with Gasteiger partial charge in [-0.25, -0.2) is 9.97 Å². The number of aromatic nitrogens is 5. The van der Waals surface area contributed by atoms with E-state index in [9.17, 15) is 4.79 Å². The van der Waals surface area contributed by atoms with Gasteiger partial charge in [0.25, 0.3) is 5.56 Å². The summed E-state index contributed by atoms with van der Waals surface area (Å²) >= 11 is 0. The molecule has 7 nitrogen and oxygen atoms in total. The lowest BCUT2D eigenvalue weighted by molar-refractivity contribution is 0.744. The van der Waals surface area contributed by atoms with Crippen molar-refractivity contribution in [2.45, 2.75) is 39.5 Å². The molecule has 3 N–H and O–H groups in total. The molecular formula is C19H27Cl3N6O. The van der Waals surface area contributed by atoms with Gasteiger partial charge in [0.05, 0.1) is 12.0 Å². The predicted molar refractivity (Wildman–Crippen MR) is 123 cm³/mol. The van der Waals surface area contributed by atoms with Crippen LogP contribution >= 0.6 is 37.2 Å². The highest BCUT2D eigenvalue weighted by atomic mass is 35.5. The summed E-state index contributed by atoms with van der Waals surface area (Å²) in [7, 11) is 0. The summed E-state index contributed by atoms with van der Waals surface area (Å²) in [4.78, 5) is 31.0. The number of halogens is 3. The first-order valence-corrected chi connectivity index (χ1v) is 8.84. The molecule has 0 unspecified atom stereocenters. The van der Waals surface area contributed by atoms with Crippen LogP contribution in [-0.4, -0.2) is 31.5 Å². The maximum absolute atomic E-state index is 12.2. The molecule has 160 valence electrons. The van der Waals surface area contributed by atoms with Crippen LogP contribution in [0.1, 0.15) is 41.1 Å². The van der Waals surface area contributed by atoms with Crippen LogP contribution in [0.5, 0.6) is 0 Å². The van der Waals surface area contributed by atoms with Crippen LogP contribution in [0.4, 0.5) is 5.95 Å². The number of nitrogens with zero attached hydrogens (tertiary/aromatic N) is 3. The minimum atomic E-state index is -0.116. The summed E-state index contributed by atoms with van der Waals surface area (Å²) < 4.78 is 0. The molecule has 0 aliphatic heterocycles. The third-order valence-corrected chi connectivity index (χ3v) is 4.31. The second kappa shape index (κ2) is 13.2. The molecule has 0 aliphatic rings. The number of anilines is 1. The largest absolute Gasteiger partial charge is 0.356 e. The number of imidazole rings is 1. The lowest BCUT2D eigenvalue weighted by Gasteiger charge is -2.06. The number of H-pyrrole nitrogens is 2. The Morgan fingerprint density at radius 2 is 1.79 bits per heavy atom. The molecule has 0 saturated heterocycles. The maximum atomic E-state index is 12.2. The maximum Gasteiger partial charge on any atom is 0.255 e. The third kappa shape index (κ3) is 8.04. The molecule has 0 spiro atoms. The van der Waals surface area contributed by atoms with Crippen molar-refractivity contribution in [1.29, 1.82) is 0 Å². The van der Waals surface area contributed by atoms with Crippen LogP contribution in [0, 0.1) is 13.8 Å². The first kappa shape index (κ1) is 26.9. The Bertz CT molecular complexity index is 911. The van der Waals surface area contributed by atoms with Gasteiger partial charge >= 0.3 is 0 Å². The molecule has 0 saturated carbocycles. The van der Waals surface area contributed by atoms with E-state index >= 15 is 0 Å². The van der Waals surface area contributed by atoms with E-state index in [0.717, 1.165) is 48.5 Å². The number of rotatable bonds is 8. The molecule has 0 amide bonds. The van der Waals surface area contributed by atoms with Crippen molar-refractivity contribution in [3.8, 4) is 0 Å². The fourth-order valence-electron chi connectivity index (χ4n) is 2.72. The molecular weight excluding hydrogens is 435 g/mol. The standard InChI is InChI=1S/C19H24N6O.3ClH/c1-13-6-7-15(10-21-13)9-16-11-22-19(25-18(16)26)20-8-4-3-5-17-14(2)23-12-24-17;;;/h6-7,10-12H,3-5,8-9H2,1-2H3,(H,23,24)(H2,20,22,25,26);3*1H. The lowest BCUT2D eigenvalue weighted by Crippen LogP contribution is -2.17. The van der Waals surface area contributed by atoms with Crippen LogP contribution < -0.4 is 10.9 Å². The van der Waals surface area contributed by atoms with E-state index in [-0.39, 0.29) is 42.8 Å². The fraction of sp³-hybridized carbons (Fsp3) is 0.368. The molecule has 0 bridgehead atoms. The zero-order valence-corrected chi connectivity index (χ0v) is 18.8. The second-order valence-corrected chi connectivity index (χ2v) is 6.43. The number of nitrogens with one attached hydrogen (secondary N) is 3. The van der Waals surface area contributed by atoms with Gasteiger partial charge < -0.3 is 10.3 Å². The Labute approximate surface area is 188 Å². The fourth-order valence-corrected chi connectivity index (χ4v) is 2.72. The van der Waals surface area contributed by atoms with Gasteiger partial charge in [0.1, 0.15) is 0 Å². The lowest BCUT2D eigenvalue weighted by atomic mass is 10.1. The zero-order chi connectivity index (χ0) is 18.4. The van der Waals surface area contributed by atoms with Crippen molar-refractivity contribution in [3.05, 3.63) is 69.4 Å². The Balaban J connectivity index is 0.00000261. The van der Waals surface area contributed by atoms with E-state index in [1.165, 1.54) is 0 Å². The van der Waals surface area contributed by atoms with Crippen molar-refractivity contribution < 1.29 is 0 Å². The topological polar surface area (TPSA) is 99.4 Å².